The summed E-state index contributed by atoms with van der Waals surface area (Å²) in [7, 11) is 2.57. The Morgan fingerprint density at radius 1 is 0.846 bits per heavy atom. The molecule has 4 heterocycles. The number of methoxy groups -OCH3 is 2. The van der Waals surface area contributed by atoms with Crippen molar-refractivity contribution in [3.63, 3.8) is 0 Å². The molecular weight excluding hydrogens is 825 g/mol. The average molecular weight is 887 g/mol. The molecule has 1 spiro atoms. The first-order valence-electron chi connectivity index (χ1n) is 23.2. The van der Waals surface area contributed by atoms with Gasteiger partial charge in [0, 0.05) is 24.1 Å². The molecule has 2 aliphatic carbocycles. The number of likely N-dealkylation sites (tertiary alicyclic amines) is 2. The summed E-state index contributed by atoms with van der Waals surface area (Å²) in [6.45, 7) is 12.7. The van der Waals surface area contributed by atoms with E-state index in [4.69, 9.17) is 19.4 Å². The number of hydrogen-bond acceptors (Lipinski definition) is 9. The van der Waals surface area contributed by atoms with E-state index >= 15 is 0 Å². The third-order valence-electron chi connectivity index (χ3n) is 14.1. The zero-order valence-corrected chi connectivity index (χ0v) is 38.4. The zero-order chi connectivity index (χ0) is 46.2. The maximum absolute atomic E-state index is 14.6. The summed E-state index contributed by atoms with van der Waals surface area (Å²) in [4.78, 5) is 86.8. The van der Waals surface area contributed by atoms with Crippen LogP contribution in [0.1, 0.15) is 136 Å². The van der Waals surface area contributed by atoms with Gasteiger partial charge in [-0.15, -0.1) is 0 Å². The van der Waals surface area contributed by atoms with Crippen molar-refractivity contribution in [3.8, 4) is 11.1 Å². The maximum Gasteiger partial charge on any atom is 0.407 e. The van der Waals surface area contributed by atoms with Crippen molar-refractivity contribution in [3.05, 3.63) is 82.7 Å². The Bertz CT molecular complexity index is 2530. The van der Waals surface area contributed by atoms with Crippen molar-refractivity contribution in [1.29, 1.82) is 0 Å². The number of benzene rings is 2. The maximum atomic E-state index is 14.6. The van der Waals surface area contributed by atoms with Crippen LogP contribution in [0.25, 0.3) is 34.3 Å². The lowest BCUT2D eigenvalue weighted by molar-refractivity contribution is -0.136. The zero-order valence-electron chi connectivity index (χ0n) is 38.4. The Hall–Kier alpha value is -6.25. The fourth-order valence-corrected chi connectivity index (χ4v) is 10.6. The van der Waals surface area contributed by atoms with Gasteiger partial charge in [0.25, 0.3) is 0 Å². The van der Waals surface area contributed by atoms with Crippen molar-refractivity contribution >= 4 is 53.0 Å². The molecule has 2 saturated heterocycles. The van der Waals surface area contributed by atoms with E-state index in [1.165, 1.54) is 14.2 Å². The summed E-state index contributed by atoms with van der Waals surface area (Å²) in [5.74, 6) is 1.02. The normalized spacial score (nSPS) is 20.0. The van der Waals surface area contributed by atoms with Gasteiger partial charge in [-0.25, -0.2) is 19.6 Å². The fourth-order valence-electron chi connectivity index (χ4n) is 10.6. The van der Waals surface area contributed by atoms with Gasteiger partial charge >= 0.3 is 12.2 Å². The Kier molecular flexibility index (Phi) is 13.0. The number of alkyl carbamates (subject to hydrolysis) is 2. The number of ether oxygens (including phenoxy) is 2. The van der Waals surface area contributed by atoms with Gasteiger partial charge < -0.3 is 39.9 Å². The summed E-state index contributed by atoms with van der Waals surface area (Å²) >= 11 is 0. The van der Waals surface area contributed by atoms with E-state index in [0.29, 0.717) is 43.3 Å². The van der Waals surface area contributed by atoms with Crippen LogP contribution in [0.3, 0.4) is 0 Å². The molecule has 4 aromatic rings. The van der Waals surface area contributed by atoms with Crippen molar-refractivity contribution in [2.45, 2.75) is 116 Å². The number of nitrogens with one attached hydrogen (secondary N) is 4. The number of amides is 4. The van der Waals surface area contributed by atoms with Crippen LogP contribution in [0.5, 0.6) is 0 Å². The molecule has 4 N–H and O–H groups in total. The van der Waals surface area contributed by atoms with Crippen LogP contribution in [-0.2, 0) is 31.9 Å². The van der Waals surface area contributed by atoms with Crippen LogP contribution in [0, 0.1) is 17.3 Å². The van der Waals surface area contributed by atoms with E-state index in [9.17, 15) is 24.0 Å². The van der Waals surface area contributed by atoms with Gasteiger partial charge in [-0.1, -0.05) is 71.4 Å². The third kappa shape index (κ3) is 8.69. The Morgan fingerprint density at radius 3 is 2.02 bits per heavy atom. The Labute approximate surface area is 380 Å². The van der Waals surface area contributed by atoms with Crippen LogP contribution in [0.15, 0.2) is 43.0 Å². The van der Waals surface area contributed by atoms with Crippen LogP contribution >= 0.6 is 0 Å². The second-order valence-corrected chi connectivity index (χ2v) is 18.8. The molecule has 4 amide bonds. The minimum Gasteiger partial charge on any atom is -0.453 e. The van der Waals surface area contributed by atoms with Gasteiger partial charge in [0.2, 0.25) is 11.8 Å². The molecule has 2 aromatic carbocycles. The Balaban J connectivity index is 1.05. The van der Waals surface area contributed by atoms with Crippen LogP contribution in [0.2, 0.25) is 0 Å². The van der Waals surface area contributed by atoms with Gasteiger partial charge in [-0.05, 0) is 110 Å². The molecule has 0 radical (unpaired) electrons. The number of aromatic amines is 2. The predicted molar refractivity (Wildman–Crippen MR) is 248 cm³/mol. The number of imidazole rings is 2. The number of rotatable bonds is 13. The molecular formula is C50H62N8O7. The van der Waals surface area contributed by atoms with E-state index < -0.39 is 24.3 Å². The van der Waals surface area contributed by atoms with Gasteiger partial charge in [-0.2, -0.15) is 0 Å². The second-order valence-electron chi connectivity index (χ2n) is 18.8. The van der Waals surface area contributed by atoms with E-state index in [1.54, 1.807) is 11.0 Å². The van der Waals surface area contributed by atoms with E-state index in [-0.39, 0.29) is 46.9 Å². The van der Waals surface area contributed by atoms with Crippen LogP contribution in [-0.4, -0.2) is 98.9 Å². The topological polar surface area (TPSA) is 192 Å². The monoisotopic (exact) mass is 886 g/mol. The lowest BCUT2D eigenvalue weighted by atomic mass is 9.81. The minimum absolute atomic E-state index is 0.133. The largest absolute Gasteiger partial charge is 0.453 e. The third-order valence-corrected chi connectivity index (χ3v) is 14.1. The summed E-state index contributed by atoms with van der Waals surface area (Å²) in [5, 5.41) is 5.43. The van der Waals surface area contributed by atoms with Gasteiger partial charge in [-0.3, -0.25) is 14.4 Å². The molecule has 2 aromatic heterocycles. The highest BCUT2D eigenvalue weighted by Gasteiger charge is 2.49. The summed E-state index contributed by atoms with van der Waals surface area (Å²) in [6, 6.07) is 8.43. The highest BCUT2D eigenvalue weighted by Crippen LogP contribution is 2.52. The number of hydrogen-bond donors (Lipinski definition) is 4. The lowest BCUT2D eigenvalue weighted by Gasteiger charge is -2.30. The molecule has 8 rings (SSSR count). The molecule has 65 heavy (non-hydrogen) atoms. The summed E-state index contributed by atoms with van der Waals surface area (Å²) < 4.78 is 9.60. The lowest BCUT2D eigenvalue weighted by Crippen LogP contribution is -2.51. The number of nitrogens with zero attached hydrogens (tertiary/aromatic N) is 4. The molecule has 4 atom stereocenters. The van der Waals surface area contributed by atoms with E-state index in [2.05, 4.69) is 57.5 Å². The second kappa shape index (κ2) is 18.7. The molecule has 3 fully saturated rings. The SMILES string of the molecule is C=Cc1nc(C2CCCN2C(=O)[C@H](NC(=O)OC)C(C)C)[nH]c1/C=C\Cc1ccc(-c2ccc3nc(C4CCCN4C(=O)[C@H](NC(=O)OC)C(C)C)[nH]c3c2)c2c1C(=O)C1(CCCC1)C2. The van der Waals surface area contributed by atoms with Crippen molar-refractivity contribution in [1.82, 2.24) is 40.4 Å². The molecule has 344 valence electrons. The first kappa shape index (κ1) is 45.3. The number of allylic oxidation sites excluding steroid dienone is 1. The van der Waals surface area contributed by atoms with Gasteiger partial charge in [0.1, 0.15) is 23.7 Å². The van der Waals surface area contributed by atoms with Gasteiger partial charge in [0.15, 0.2) is 5.78 Å². The van der Waals surface area contributed by atoms with Crippen LogP contribution < -0.4 is 10.6 Å². The number of aromatic nitrogens is 4. The standard InChI is InChI=1S/C50H62N8O7/c1-8-34-35(52-44(51-34)38-16-12-24-57(38)46(60)41(28(2)3)55-48(62)64-6)15-11-14-30-18-20-32(33-27-50(22-9-10-23-50)43(59)40(30)33)31-19-21-36-37(26-31)54-45(53-36)39-17-13-25-58(39)47(61)42(29(4)5)56-49(63)65-7/h8,11,15,18-21,26,28-29,38-39,41-42H,1,9-10,12-14,16-17,22-25,27H2,2-7H3,(H,51,52)(H,53,54)(H,55,62)(H,56,63)/b15-11-/t38?,39?,41-,42-/m1/s1. The van der Waals surface area contributed by atoms with E-state index in [1.807, 2.05) is 44.7 Å². The molecule has 1 saturated carbocycles. The minimum atomic E-state index is -0.730. The van der Waals surface area contributed by atoms with E-state index in [0.717, 1.165) is 95.9 Å². The smallest absolute Gasteiger partial charge is 0.407 e. The number of carbonyl (C=O) groups excluding carboxylic acids is 5. The van der Waals surface area contributed by atoms with Crippen molar-refractivity contribution < 1.29 is 33.4 Å². The first-order chi connectivity index (χ1) is 31.3. The first-order valence-corrected chi connectivity index (χ1v) is 23.2. The number of ketones is 1. The predicted octanol–water partition coefficient (Wildman–Crippen LogP) is 8.24. The van der Waals surface area contributed by atoms with Crippen molar-refractivity contribution in [2.24, 2.45) is 17.3 Å². The number of H-pyrrole nitrogens is 2. The van der Waals surface area contributed by atoms with Gasteiger partial charge in [0.05, 0.1) is 48.7 Å². The molecule has 4 aliphatic rings. The summed E-state index contributed by atoms with van der Waals surface area (Å²) in [6.07, 6.45) is 12.7. The van der Waals surface area contributed by atoms with Crippen LogP contribution in [0.4, 0.5) is 9.59 Å². The average Bonchev–Trinajstić information content (AvgIpc) is 4.17. The molecule has 15 heteroatoms. The molecule has 2 aliphatic heterocycles. The number of fused-ring (bicyclic) bond motifs is 2. The quantitative estimate of drug-likeness (QED) is 0.102. The molecule has 15 nitrogen and oxygen atoms in total. The summed E-state index contributed by atoms with van der Waals surface area (Å²) in [5.41, 5.74) is 7.65. The Morgan fingerprint density at radius 2 is 1.45 bits per heavy atom. The molecule has 2 unspecified atom stereocenters. The highest BCUT2D eigenvalue weighted by molar-refractivity contribution is 6.08. The number of carbonyl (C=O) groups is 5. The fraction of sp³-hybridized carbons (Fsp3) is 0.500. The number of Topliss-reactive ketones (excluding diaryl/α,β-unsaturated/α-hetero) is 1. The van der Waals surface area contributed by atoms with Crippen molar-refractivity contribution in [2.75, 3.05) is 27.3 Å². The highest BCUT2D eigenvalue weighted by atomic mass is 16.5. The molecule has 0 bridgehead atoms.